The van der Waals surface area contributed by atoms with Crippen LogP contribution in [0.5, 0.6) is 0 Å². The lowest BCUT2D eigenvalue weighted by molar-refractivity contribution is -0.223. The Labute approximate surface area is 184 Å². The lowest BCUT2D eigenvalue weighted by Crippen LogP contribution is -2.58. The molecule has 1 saturated carbocycles. The SMILES string of the molecule is CC(C)(C)OC(=O)[C@H]1OC2(CCCC2)O[C@]1(C(=O)OC(C)(C)C)[C@@H](O)c1ccccc1. The molecule has 0 bridgehead atoms. The minimum Gasteiger partial charge on any atom is -0.458 e. The Balaban J connectivity index is 2.13. The number of carbonyl (C=O) groups is 2. The molecule has 1 spiro atoms. The normalized spacial score (nSPS) is 26.6. The monoisotopic (exact) mass is 434 g/mol. The van der Waals surface area contributed by atoms with Gasteiger partial charge in [0.25, 0.3) is 0 Å². The van der Waals surface area contributed by atoms with E-state index in [0.29, 0.717) is 18.4 Å². The van der Waals surface area contributed by atoms with Gasteiger partial charge >= 0.3 is 11.9 Å². The number of carbonyl (C=O) groups excluding carboxylic acids is 2. The molecule has 0 aromatic heterocycles. The van der Waals surface area contributed by atoms with Crippen molar-refractivity contribution in [1.82, 2.24) is 0 Å². The average Bonchev–Trinajstić information content (AvgIpc) is 3.25. The summed E-state index contributed by atoms with van der Waals surface area (Å²) in [5.41, 5.74) is -3.36. The summed E-state index contributed by atoms with van der Waals surface area (Å²) in [5, 5.41) is 11.5. The topological polar surface area (TPSA) is 91.3 Å². The molecule has 0 amide bonds. The number of aliphatic hydroxyl groups excluding tert-OH is 1. The minimum atomic E-state index is -2.10. The first-order valence-corrected chi connectivity index (χ1v) is 10.9. The predicted octanol–water partition coefficient (Wildman–Crippen LogP) is 3.83. The molecule has 3 rings (SSSR count). The van der Waals surface area contributed by atoms with Gasteiger partial charge in [0.1, 0.15) is 17.3 Å². The zero-order valence-electron chi connectivity index (χ0n) is 19.3. The number of aliphatic hydroxyl groups is 1. The van der Waals surface area contributed by atoms with Crippen molar-refractivity contribution in [2.24, 2.45) is 0 Å². The molecule has 2 aliphatic rings. The van der Waals surface area contributed by atoms with E-state index in [1.165, 1.54) is 0 Å². The standard InChI is InChI=1S/C24H34O7/c1-21(2,3)29-19(26)18-24(20(27)30-22(4,5)6,17(25)16-12-8-7-9-13-16)31-23(28-18)14-10-11-15-23/h7-9,12-13,17-18,25H,10-11,14-15H2,1-6H3/t17-,18+,24+/m0/s1. The smallest absolute Gasteiger partial charge is 0.345 e. The van der Waals surface area contributed by atoms with E-state index >= 15 is 0 Å². The molecule has 1 aromatic rings. The van der Waals surface area contributed by atoms with Crippen LogP contribution in [-0.2, 0) is 28.5 Å². The van der Waals surface area contributed by atoms with Crippen molar-refractivity contribution in [3.63, 3.8) is 0 Å². The molecule has 1 heterocycles. The number of rotatable bonds is 4. The molecular formula is C24H34O7. The van der Waals surface area contributed by atoms with E-state index in [-0.39, 0.29) is 0 Å². The summed E-state index contributed by atoms with van der Waals surface area (Å²) in [4.78, 5) is 26.9. The Morgan fingerprint density at radius 1 is 1.00 bits per heavy atom. The van der Waals surface area contributed by atoms with Crippen molar-refractivity contribution in [3.05, 3.63) is 35.9 Å². The summed E-state index contributed by atoms with van der Waals surface area (Å²) < 4.78 is 23.7. The van der Waals surface area contributed by atoms with Crippen molar-refractivity contribution in [2.75, 3.05) is 0 Å². The summed E-state index contributed by atoms with van der Waals surface area (Å²) in [6, 6.07) is 8.63. The molecule has 0 radical (unpaired) electrons. The minimum absolute atomic E-state index is 0.417. The van der Waals surface area contributed by atoms with Crippen LogP contribution in [0.15, 0.2) is 30.3 Å². The van der Waals surface area contributed by atoms with Crippen LogP contribution in [0.3, 0.4) is 0 Å². The fraction of sp³-hybridized carbons (Fsp3) is 0.667. The van der Waals surface area contributed by atoms with Gasteiger partial charge in [-0.25, -0.2) is 9.59 Å². The Kier molecular flexibility index (Phi) is 6.26. The van der Waals surface area contributed by atoms with Crippen molar-refractivity contribution >= 4 is 11.9 Å². The van der Waals surface area contributed by atoms with E-state index in [9.17, 15) is 14.7 Å². The van der Waals surface area contributed by atoms with Gasteiger partial charge < -0.3 is 24.1 Å². The molecule has 31 heavy (non-hydrogen) atoms. The van der Waals surface area contributed by atoms with Gasteiger partial charge in [0.05, 0.1) is 0 Å². The fourth-order valence-electron chi connectivity index (χ4n) is 4.10. The Hall–Kier alpha value is -1.96. The van der Waals surface area contributed by atoms with Crippen molar-refractivity contribution in [3.8, 4) is 0 Å². The molecule has 1 N–H and O–H groups in total. The van der Waals surface area contributed by atoms with Crippen LogP contribution < -0.4 is 0 Å². The van der Waals surface area contributed by atoms with Crippen molar-refractivity contribution in [1.29, 1.82) is 0 Å². The molecule has 1 aromatic carbocycles. The average molecular weight is 435 g/mol. The Bertz CT molecular complexity index is 799. The van der Waals surface area contributed by atoms with E-state index in [2.05, 4.69) is 0 Å². The summed E-state index contributed by atoms with van der Waals surface area (Å²) in [6.07, 6.45) is -0.299. The second-order valence-corrected chi connectivity index (χ2v) is 10.4. The third-order valence-corrected chi connectivity index (χ3v) is 5.30. The van der Waals surface area contributed by atoms with E-state index in [0.717, 1.165) is 12.8 Å². The van der Waals surface area contributed by atoms with Gasteiger partial charge in [-0.15, -0.1) is 0 Å². The molecule has 2 fully saturated rings. The Morgan fingerprint density at radius 3 is 2.06 bits per heavy atom. The van der Waals surface area contributed by atoms with Gasteiger partial charge in [-0.05, 0) is 59.9 Å². The molecule has 1 saturated heterocycles. The van der Waals surface area contributed by atoms with Gasteiger partial charge in [-0.1, -0.05) is 30.3 Å². The molecule has 7 heteroatoms. The fourth-order valence-corrected chi connectivity index (χ4v) is 4.10. The lowest BCUT2D eigenvalue weighted by atomic mass is 9.85. The molecule has 172 valence electrons. The van der Waals surface area contributed by atoms with Crippen LogP contribution in [0, 0.1) is 0 Å². The summed E-state index contributed by atoms with van der Waals surface area (Å²) >= 11 is 0. The Morgan fingerprint density at radius 2 is 1.55 bits per heavy atom. The van der Waals surface area contributed by atoms with Gasteiger partial charge in [-0.3, -0.25) is 0 Å². The number of benzene rings is 1. The predicted molar refractivity (Wildman–Crippen MR) is 113 cm³/mol. The maximum absolute atomic E-state index is 13.6. The first-order valence-electron chi connectivity index (χ1n) is 10.9. The van der Waals surface area contributed by atoms with E-state index < -0.39 is 46.7 Å². The highest BCUT2D eigenvalue weighted by Crippen LogP contribution is 2.52. The van der Waals surface area contributed by atoms with Gasteiger partial charge in [-0.2, -0.15) is 0 Å². The quantitative estimate of drug-likeness (QED) is 0.720. The zero-order valence-corrected chi connectivity index (χ0v) is 19.3. The summed E-state index contributed by atoms with van der Waals surface area (Å²) in [7, 11) is 0. The van der Waals surface area contributed by atoms with Gasteiger partial charge in [0, 0.05) is 12.8 Å². The first-order chi connectivity index (χ1) is 14.3. The maximum atomic E-state index is 13.6. The third kappa shape index (κ3) is 4.94. The highest BCUT2D eigenvalue weighted by atomic mass is 16.8. The van der Waals surface area contributed by atoms with Crippen LogP contribution in [0.1, 0.15) is 78.9 Å². The van der Waals surface area contributed by atoms with E-state index in [1.54, 1.807) is 71.9 Å². The van der Waals surface area contributed by atoms with Crippen LogP contribution in [0.4, 0.5) is 0 Å². The summed E-state index contributed by atoms with van der Waals surface area (Å²) in [5.74, 6) is -2.76. The molecule has 1 aliphatic carbocycles. The second-order valence-electron chi connectivity index (χ2n) is 10.4. The highest BCUT2D eigenvalue weighted by Gasteiger charge is 2.70. The van der Waals surface area contributed by atoms with Gasteiger partial charge in [0.2, 0.25) is 11.7 Å². The second kappa shape index (κ2) is 8.19. The molecular weight excluding hydrogens is 400 g/mol. The van der Waals surface area contributed by atoms with Crippen molar-refractivity contribution in [2.45, 2.75) is 102 Å². The summed E-state index contributed by atoms with van der Waals surface area (Å²) in [6.45, 7) is 10.4. The molecule has 3 atom stereocenters. The van der Waals surface area contributed by atoms with Crippen LogP contribution in [0.25, 0.3) is 0 Å². The number of hydrogen-bond donors (Lipinski definition) is 1. The lowest BCUT2D eigenvalue weighted by Gasteiger charge is -2.37. The first kappa shape index (κ1) is 23.7. The van der Waals surface area contributed by atoms with Crippen molar-refractivity contribution < 1.29 is 33.6 Å². The van der Waals surface area contributed by atoms with E-state index in [4.69, 9.17) is 18.9 Å². The zero-order chi connectivity index (χ0) is 23.1. The van der Waals surface area contributed by atoms with Crippen LogP contribution in [0.2, 0.25) is 0 Å². The van der Waals surface area contributed by atoms with E-state index in [1.807, 2.05) is 0 Å². The van der Waals surface area contributed by atoms with Gasteiger partial charge in [0.15, 0.2) is 5.79 Å². The molecule has 7 nitrogen and oxygen atoms in total. The third-order valence-electron chi connectivity index (χ3n) is 5.30. The number of ether oxygens (including phenoxy) is 4. The molecule has 1 aliphatic heterocycles. The van der Waals surface area contributed by atoms with Crippen LogP contribution in [-0.4, -0.2) is 45.7 Å². The number of esters is 2. The maximum Gasteiger partial charge on any atom is 0.345 e. The highest BCUT2D eigenvalue weighted by molar-refractivity contribution is 5.91. The molecule has 0 unspecified atom stereocenters. The largest absolute Gasteiger partial charge is 0.458 e. The van der Waals surface area contributed by atoms with Crippen LogP contribution >= 0.6 is 0 Å². The number of hydrogen-bond acceptors (Lipinski definition) is 7.